The highest BCUT2D eigenvalue weighted by atomic mass is 19.3. The van der Waals surface area contributed by atoms with Crippen molar-refractivity contribution in [1.29, 1.82) is 0 Å². The molecule has 1 atom stereocenters. The molecule has 0 spiro atoms. The first-order chi connectivity index (χ1) is 9.89. The summed E-state index contributed by atoms with van der Waals surface area (Å²) in [5.41, 5.74) is 5.39. The molecule has 0 radical (unpaired) electrons. The molecule has 0 amide bonds. The Bertz CT molecular complexity index is 673. The van der Waals surface area contributed by atoms with E-state index in [0.717, 1.165) is 0 Å². The summed E-state index contributed by atoms with van der Waals surface area (Å²) >= 11 is 0. The van der Waals surface area contributed by atoms with Gasteiger partial charge in [-0.1, -0.05) is 30.3 Å². The Balaban J connectivity index is 2.55. The Morgan fingerprint density at radius 3 is 2.67 bits per heavy atom. The number of phenolic OH excluding ortho intramolecular Hbond substituents is 1. The molecule has 2 aromatic rings. The zero-order chi connectivity index (χ0) is 15.6. The molecule has 3 N–H and O–H groups in total. The number of ether oxygens (including phenoxy) is 1. The molecule has 0 bridgehead atoms. The minimum atomic E-state index is -3.93. The quantitative estimate of drug-likeness (QED) is 0.851. The average Bonchev–Trinajstić information content (AvgIpc) is 2.46. The number of carbonyl (C=O) groups is 1. The van der Waals surface area contributed by atoms with Crippen molar-refractivity contribution in [2.24, 2.45) is 5.73 Å². The van der Waals surface area contributed by atoms with Gasteiger partial charge in [0.1, 0.15) is 11.8 Å². The van der Waals surface area contributed by atoms with Crippen molar-refractivity contribution in [2.45, 2.75) is 18.9 Å². The second kappa shape index (κ2) is 5.65. The smallest absolute Gasteiger partial charge is 0.379 e. The summed E-state index contributed by atoms with van der Waals surface area (Å²) < 4.78 is 32.5. The molecule has 6 heteroatoms. The van der Waals surface area contributed by atoms with Gasteiger partial charge in [0.25, 0.3) is 0 Å². The molecule has 0 aromatic heterocycles. The number of carbonyl (C=O) groups excluding carboxylic acids is 1. The second-order valence-electron chi connectivity index (χ2n) is 4.54. The Morgan fingerprint density at radius 2 is 2.00 bits per heavy atom. The van der Waals surface area contributed by atoms with Crippen molar-refractivity contribution in [3.05, 3.63) is 42.0 Å². The summed E-state index contributed by atoms with van der Waals surface area (Å²) in [6.07, 6.45) is 0. The van der Waals surface area contributed by atoms with Crippen LogP contribution in [0.1, 0.15) is 18.5 Å². The SMILES string of the molecule is CCOC(=O)C(F)(F)[C@@H](N)c1c(O)ccc2ccccc12. The van der Waals surface area contributed by atoms with E-state index < -0.39 is 17.9 Å². The van der Waals surface area contributed by atoms with Gasteiger partial charge in [-0.25, -0.2) is 4.79 Å². The number of hydrogen-bond donors (Lipinski definition) is 2. The second-order valence-corrected chi connectivity index (χ2v) is 4.54. The number of nitrogens with two attached hydrogens (primary N) is 1. The van der Waals surface area contributed by atoms with Gasteiger partial charge >= 0.3 is 11.9 Å². The number of esters is 1. The molecule has 0 fully saturated rings. The lowest BCUT2D eigenvalue weighted by molar-refractivity contribution is -0.174. The molecule has 4 nitrogen and oxygen atoms in total. The lowest BCUT2D eigenvalue weighted by Gasteiger charge is -2.23. The maximum absolute atomic E-state index is 14.1. The number of hydrogen-bond acceptors (Lipinski definition) is 4. The van der Waals surface area contributed by atoms with Gasteiger partial charge in [-0.05, 0) is 23.8 Å². The molecule has 0 aliphatic heterocycles. The van der Waals surface area contributed by atoms with E-state index >= 15 is 0 Å². The average molecular weight is 295 g/mol. The van der Waals surface area contributed by atoms with Gasteiger partial charge in [-0.3, -0.25) is 0 Å². The fourth-order valence-corrected chi connectivity index (χ4v) is 2.15. The molecular weight excluding hydrogens is 280 g/mol. The zero-order valence-corrected chi connectivity index (χ0v) is 11.3. The highest BCUT2D eigenvalue weighted by Gasteiger charge is 2.49. The Morgan fingerprint density at radius 1 is 1.33 bits per heavy atom. The number of halogens is 2. The Labute approximate surface area is 120 Å². The summed E-state index contributed by atoms with van der Waals surface area (Å²) in [5.74, 6) is -6.02. The standard InChI is InChI=1S/C15H15F2NO3/c1-2-21-14(20)15(16,17)13(18)12-10-6-4-3-5-9(10)7-8-11(12)19/h3-8,13,19H,2,18H2,1H3/t13-/m0/s1. The van der Waals surface area contributed by atoms with Crippen molar-refractivity contribution in [3.63, 3.8) is 0 Å². The fourth-order valence-electron chi connectivity index (χ4n) is 2.15. The largest absolute Gasteiger partial charge is 0.508 e. The molecule has 0 unspecified atom stereocenters. The van der Waals surface area contributed by atoms with Crippen LogP contribution in [-0.2, 0) is 9.53 Å². The normalized spacial score (nSPS) is 13.1. The van der Waals surface area contributed by atoms with Crippen LogP contribution in [0.25, 0.3) is 10.8 Å². The predicted molar refractivity (Wildman–Crippen MR) is 74.1 cm³/mol. The third-order valence-electron chi connectivity index (χ3n) is 3.20. The van der Waals surface area contributed by atoms with E-state index in [-0.39, 0.29) is 17.9 Å². The first-order valence-electron chi connectivity index (χ1n) is 6.40. The molecule has 0 saturated carbocycles. The van der Waals surface area contributed by atoms with E-state index in [2.05, 4.69) is 4.74 Å². The van der Waals surface area contributed by atoms with Crippen LogP contribution in [0.5, 0.6) is 5.75 Å². The van der Waals surface area contributed by atoms with Gasteiger partial charge in [-0.2, -0.15) is 8.78 Å². The van der Waals surface area contributed by atoms with Crippen molar-refractivity contribution >= 4 is 16.7 Å². The molecule has 0 aliphatic carbocycles. The van der Waals surface area contributed by atoms with E-state index in [9.17, 15) is 18.7 Å². The number of rotatable bonds is 4. The van der Waals surface area contributed by atoms with Crippen LogP contribution in [0.2, 0.25) is 0 Å². The van der Waals surface area contributed by atoms with Crippen LogP contribution in [0.4, 0.5) is 8.78 Å². The van der Waals surface area contributed by atoms with E-state index in [0.29, 0.717) is 10.8 Å². The maximum Gasteiger partial charge on any atom is 0.379 e. The maximum atomic E-state index is 14.1. The third kappa shape index (κ3) is 2.67. The van der Waals surface area contributed by atoms with Gasteiger partial charge in [0, 0.05) is 5.56 Å². The van der Waals surface area contributed by atoms with Crippen molar-refractivity contribution in [3.8, 4) is 5.75 Å². The van der Waals surface area contributed by atoms with E-state index in [1.807, 2.05) is 0 Å². The summed E-state index contributed by atoms with van der Waals surface area (Å²) in [5, 5.41) is 10.9. The molecule has 21 heavy (non-hydrogen) atoms. The molecule has 2 aromatic carbocycles. The van der Waals surface area contributed by atoms with E-state index in [4.69, 9.17) is 5.73 Å². The Kier molecular flexibility index (Phi) is 4.09. The highest BCUT2D eigenvalue weighted by Crippen LogP contribution is 2.39. The van der Waals surface area contributed by atoms with Crippen LogP contribution < -0.4 is 5.73 Å². The summed E-state index contributed by atoms with van der Waals surface area (Å²) in [4.78, 5) is 11.4. The number of phenols is 1. The molecule has 0 saturated heterocycles. The number of alkyl halides is 2. The van der Waals surface area contributed by atoms with Crippen molar-refractivity contribution in [2.75, 3.05) is 6.61 Å². The van der Waals surface area contributed by atoms with Crippen molar-refractivity contribution < 1.29 is 23.4 Å². The van der Waals surface area contributed by atoms with Gasteiger partial charge in [-0.15, -0.1) is 0 Å². The minimum absolute atomic E-state index is 0.175. The first kappa shape index (κ1) is 15.2. The molecule has 0 aliphatic rings. The predicted octanol–water partition coefficient (Wildman–Crippen LogP) is 2.74. The van der Waals surface area contributed by atoms with E-state index in [1.165, 1.54) is 13.0 Å². The van der Waals surface area contributed by atoms with Crippen molar-refractivity contribution in [1.82, 2.24) is 0 Å². The minimum Gasteiger partial charge on any atom is -0.508 e. The topological polar surface area (TPSA) is 72.5 Å². The molecule has 2 rings (SSSR count). The Hall–Kier alpha value is -2.21. The van der Waals surface area contributed by atoms with Gasteiger partial charge in [0.2, 0.25) is 0 Å². The van der Waals surface area contributed by atoms with Crippen LogP contribution in [0, 0.1) is 0 Å². The monoisotopic (exact) mass is 295 g/mol. The summed E-state index contributed by atoms with van der Waals surface area (Å²) in [6.45, 7) is 1.25. The molecule has 0 heterocycles. The van der Waals surface area contributed by atoms with Gasteiger partial charge < -0.3 is 15.6 Å². The lowest BCUT2D eigenvalue weighted by atomic mass is 9.94. The lowest BCUT2D eigenvalue weighted by Crippen LogP contribution is -2.41. The summed E-state index contributed by atoms with van der Waals surface area (Å²) in [6, 6.07) is 7.50. The molecule has 112 valence electrons. The van der Waals surface area contributed by atoms with Crippen LogP contribution >= 0.6 is 0 Å². The number of aromatic hydroxyl groups is 1. The molecular formula is C15H15F2NO3. The fraction of sp³-hybridized carbons (Fsp3) is 0.267. The third-order valence-corrected chi connectivity index (χ3v) is 3.20. The summed E-state index contributed by atoms with van der Waals surface area (Å²) in [7, 11) is 0. The highest BCUT2D eigenvalue weighted by molar-refractivity contribution is 5.89. The van der Waals surface area contributed by atoms with E-state index in [1.54, 1.807) is 30.3 Å². The first-order valence-corrected chi connectivity index (χ1v) is 6.40. The van der Waals surface area contributed by atoms with Crippen LogP contribution in [0.15, 0.2) is 36.4 Å². The van der Waals surface area contributed by atoms with Gasteiger partial charge in [0.05, 0.1) is 6.61 Å². The van der Waals surface area contributed by atoms with Gasteiger partial charge in [0.15, 0.2) is 0 Å². The van der Waals surface area contributed by atoms with Crippen LogP contribution in [-0.4, -0.2) is 23.6 Å². The zero-order valence-electron chi connectivity index (χ0n) is 11.3. The number of fused-ring (bicyclic) bond motifs is 1. The van der Waals surface area contributed by atoms with Crippen LogP contribution in [0.3, 0.4) is 0 Å². The number of benzene rings is 2.